The number of hydrogen-bond donors (Lipinski definition) is 2. The van der Waals surface area contributed by atoms with Crippen LogP contribution < -0.4 is 10.6 Å². The summed E-state index contributed by atoms with van der Waals surface area (Å²) in [5, 5.41) is 5.44. The minimum atomic E-state index is -0.253. The second-order valence-corrected chi connectivity index (χ2v) is 6.25. The van der Waals surface area contributed by atoms with Gasteiger partial charge in [0.2, 0.25) is 0 Å². The van der Waals surface area contributed by atoms with Crippen LogP contribution in [0, 0.1) is 11.7 Å². The molecule has 5 heteroatoms. The first kappa shape index (κ1) is 17.4. The first-order valence-corrected chi connectivity index (χ1v) is 7.97. The average Bonchev–Trinajstić information content (AvgIpc) is 2.51. The summed E-state index contributed by atoms with van der Waals surface area (Å²) in [4.78, 5) is 12.1. The quantitative estimate of drug-likeness (QED) is 0.835. The number of halogens is 2. The maximum Gasteiger partial charge on any atom is 0.279 e. The lowest BCUT2D eigenvalue weighted by Crippen LogP contribution is -2.88. The lowest BCUT2D eigenvalue weighted by molar-refractivity contribution is -0.692. The molecular weight excluding hydrogens is 315 g/mol. The molecule has 0 unspecified atom stereocenters. The second-order valence-electron chi connectivity index (χ2n) is 5.82. The van der Waals surface area contributed by atoms with Crippen LogP contribution >= 0.6 is 11.6 Å². The molecule has 0 radical (unpaired) electrons. The number of benzene rings is 2. The van der Waals surface area contributed by atoms with E-state index in [-0.39, 0.29) is 17.8 Å². The molecule has 0 bridgehead atoms. The van der Waals surface area contributed by atoms with Crippen molar-refractivity contribution in [3.63, 3.8) is 0 Å². The summed E-state index contributed by atoms with van der Waals surface area (Å²) in [5.41, 5.74) is 1.73. The predicted octanol–water partition coefficient (Wildman–Crippen LogP) is 3.38. The van der Waals surface area contributed by atoms with Gasteiger partial charge in [0.25, 0.3) is 5.91 Å². The van der Waals surface area contributed by atoms with E-state index in [0.717, 1.165) is 11.3 Å². The van der Waals surface area contributed by atoms with Gasteiger partial charge in [-0.3, -0.25) is 4.79 Å². The van der Waals surface area contributed by atoms with Crippen LogP contribution in [0.25, 0.3) is 0 Å². The zero-order chi connectivity index (χ0) is 16.8. The van der Waals surface area contributed by atoms with Crippen LogP contribution in [0.1, 0.15) is 25.5 Å². The largest absolute Gasteiger partial charge is 0.332 e. The Hall–Kier alpha value is -1.91. The monoisotopic (exact) mass is 335 g/mol. The van der Waals surface area contributed by atoms with Gasteiger partial charge in [0.15, 0.2) is 6.54 Å². The summed E-state index contributed by atoms with van der Waals surface area (Å²) in [6, 6.07) is 13.5. The van der Waals surface area contributed by atoms with Crippen molar-refractivity contribution in [2.24, 2.45) is 5.92 Å². The van der Waals surface area contributed by atoms with E-state index >= 15 is 0 Å². The predicted molar refractivity (Wildman–Crippen MR) is 90.9 cm³/mol. The number of hydrogen-bond acceptors (Lipinski definition) is 1. The number of quaternary nitrogens is 1. The van der Waals surface area contributed by atoms with Gasteiger partial charge < -0.3 is 10.6 Å². The summed E-state index contributed by atoms with van der Waals surface area (Å²) in [6.45, 7) is 4.46. The highest BCUT2D eigenvalue weighted by Gasteiger charge is 2.20. The van der Waals surface area contributed by atoms with Crippen molar-refractivity contribution in [1.29, 1.82) is 0 Å². The summed E-state index contributed by atoms with van der Waals surface area (Å²) in [7, 11) is 0. The van der Waals surface area contributed by atoms with E-state index in [9.17, 15) is 9.18 Å². The Morgan fingerprint density at radius 1 is 1.13 bits per heavy atom. The molecule has 23 heavy (non-hydrogen) atoms. The fourth-order valence-electron chi connectivity index (χ4n) is 2.46. The molecule has 0 aliphatic rings. The molecule has 0 saturated heterocycles. The fourth-order valence-corrected chi connectivity index (χ4v) is 2.58. The van der Waals surface area contributed by atoms with Gasteiger partial charge >= 0.3 is 0 Å². The molecule has 0 spiro atoms. The van der Waals surface area contributed by atoms with E-state index in [0.29, 0.717) is 17.5 Å². The van der Waals surface area contributed by atoms with Crippen LogP contribution in [-0.4, -0.2) is 12.5 Å². The van der Waals surface area contributed by atoms with E-state index in [4.69, 9.17) is 11.6 Å². The van der Waals surface area contributed by atoms with Gasteiger partial charge in [-0.15, -0.1) is 0 Å². The van der Waals surface area contributed by atoms with Gasteiger partial charge in [0.05, 0.1) is 0 Å². The summed E-state index contributed by atoms with van der Waals surface area (Å²) >= 11 is 5.82. The third kappa shape index (κ3) is 5.34. The summed E-state index contributed by atoms with van der Waals surface area (Å²) < 4.78 is 13.1. The Labute approximate surface area is 140 Å². The number of nitrogens with two attached hydrogens (primary N) is 1. The van der Waals surface area contributed by atoms with Crippen molar-refractivity contribution in [2.45, 2.75) is 19.9 Å². The molecule has 2 aromatic carbocycles. The molecule has 3 N–H and O–H groups in total. The molecule has 0 aromatic heterocycles. The minimum Gasteiger partial charge on any atom is -0.332 e. The smallest absolute Gasteiger partial charge is 0.279 e. The summed E-state index contributed by atoms with van der Waals surface area (Å²) in [5.74, 6) is -0.0133. The molecule has 3 nitrogen and oxygen atoms in total. The highest BCUT2D eigenvalue weighted by atomic mass is 35.5. The number of anilines is 1. The van der Waals surface area contributed by atoms with Gasteiger partial charge in [0.1, 0.15) is 11.9 Å². The van der Waals surface area contributed by atoms with E-state index < -0.39 is 0 Å². The van der Waals surface area contributed by atoms with Crippen LogP contribution in [0.4, 0.5) is 10.1 Å². The van der Waals surface area contributed by atoms with Gasteiger partial charge in [-0.2, -0.15) is 0 Å². The second kappa shape index (κ2) is 8.09. The van der Waals surface area contributed by atoms with Gasteiger partial charge in [-0.05, 0) is 36.4 Å². The molecule has 0 heterocycles. The Morgan fingerprint density at radius 2 is 1.74 bits per heavy atom. The number of carbonyl (C=O) groups is 1. The van der Waals surface area contributed by atoms with Crippen LogP contribution in [0.5, 0.6) is 0 Å². The van der Waals surface area contributed by atoms with Crippen molar-refractivity contribution >= 4 is 23.2 Å². The zero-order valence-electron chi connectivity index (χ0n) is 13.2. The van der Waals surface area contributed by atoms with E-state index in [1.807, 2.05) is 5.32 Å². The van der Waals surface area contributed by atoms with Crippen molar-refractivity contribution < 1.29 is 14.5 Å². The lowest BCUT2D eigenvalue weighted by atomic mass is 9.96. The number of amides is 1. The number of carbonyl (C=O) groups excluding carboxylic acids is 1. The topological polar surface area (TPSA) is 45.7 Å². The third-order valence-corrected chi connectivity index (χ3v) is 3.91. The van der Waals surface area contributed by atoms with Crippen molar-refractivity contribution in [1.82, 2.24) is 0 Å². The Morgan fingerprint density at radius 3 is 2.30 bits per heavy atom. The third-order valence-electron chi connectivity index (χ3n) is 3.66. The van der Waals surface area contributed by atoms with Crippen LogP contribution in [0.2, 0.25) is 5.02 Å². The van der Waals surface area contributed by atoms with Crippen molar-refractivity contribution in [3.05, 3.63) is 64.9 Å². The van der Waals surface area contributed by atoms with Gasteiger partial charge in [-0.1, -0.05) is 37.6 Å². The van der Waals surface area contributed by atoms with E-state index in [1.165, 1.54) is 12.1 Å². The van der Waals surface area contributed by atoms with Gasteiger partial charge in [0, 0.05) is 22.2 Å². The molecule has 0 aliphatic heterocycles. The molecule has 122 valence electrons. The standard InChI is InChI=1S/C18H20ClFN2O/c1-12(2)18(13-3-7-15(20)8-4-13)21-11-17(23)22-16-9-5-14(19)6-10-16/h3-10,12,18,21H,11H2,1-2H3,(H,22,23)/p+1/t18-/m1/s1. The molecule has 0 saturated carbocycles. The molecule has 2 rings (SSSR count). The Balaban J connectivity index is 1.94. The van der Waals surface area contributed by atoms with Crippen LogP contribution in [0.3, 0.4) is 0 Å². The maximum atomic E-state index is 13.1. The van der Waals surface area contributed by atoms with Crippen molar-refractivity contribution in [2.75, 3.05) is 11.9 Å². The van der Waals surface area contributed by atoms with Crippen LogP contribution in [-0.2, 0) is 4.79 Å². The lowest BCUT2D eigenvalue weighted by Gasteiger charge is -2.19. The highest BCUT2D eigenvalue weighted by molar-refractivity contribution is 6.30. The number of nitrogens with one attached hydrogen (secondary N) is 1. The molecule has 1 atom stereocenters. The SMILES string of the molecule is CC(C)[C@@H]([NH2+]CC(=O)Nc1ccc(Cl)cc1)c1ccc(F)cc1. The molecular formula is C18H21ClFN2O+. The highest BCUT2D eigenvalue weighted by Crippen LogP contribution is 2.18. The normalized spacial score (nSPS) is 12.2. The molecule has 0 fully saturated rings. The van der Waals surface area contributed by atoms with Gasteiger partial charge in [-0.25, -0.2) is 4.39 Å². The maximum absolute atomic E-state index is 13.1. The first-order chi connectivity index (χ1) is 11.0. The van der Waals surface area contributed by atoms with E-state index in [2.05, 4.69) is 19.2 Å². The first-order valence-electron chi connectivity index (χ1n) is 7.60. The van der Waals surface area contributed by atoms with E-state index in [1.54, 1.807) is 36.4 Å². The Kier molecular flexibility index (Phi) is 6.13. The van der Waals surface area contributed by atoms with Crippen LogP contribution in [0.15, 0.2) is 48.5 Å². The minimum absolute atomic E-state index is 0.0833. The average molecular weight is 336 g/mol. The number of rotatable bonds is 6. The molecule has 1 amide bonds. The zero-order valence-corrected chi connectivity index (χ0v) is 14.0. The summed E-state index contributed by atoms with van der Waals surface area (Å²) in [6.07, 6.45) is 0. The Bertz CT molecular complexity index is 641. The van der Waals surface area contributed by atoms with Crippen molar-refractivity contribution in [3.8, 4) is 0 Å². The molecule has 0 aliphatic carbocycles. The molecule has 2 aromatic rings. The fraction of sp³-hybridized carbons (Fsp3) is 0.278.